The third kappa shape index (κ3) is 3.60. The summed E-state index contributed by atoms with van der Waals surface area (Å²) in [4.78, 5) is 8.30. The van der Waals surface area contributed by atoms with E-state index in [1.165, 1.54) is 4.68 Å². The maximum Gasteiger partial charge on any atom is 0.433 e. The molecule has 0 N–H and O–H groups in total. The second kappa shape index (κ2) is 7.41. The van der Waals surface area contributed by atoms with Crippen LogP contribution in [-0.4, -0.2) is 39.3 Å². The summed E-state index contributed by atoms with van der Waals surface area (Å²) in [6.07, 6.45) is 0.191. The fourth-order valence-corrected chi connectivity index (χ4v) is 4.01. The quantitative estimate of drug-likeness (QED) is 0.429. The largest absolute Gasteiger partial charge is 0.433 e. The fourth-order valence-electron chi connectivity index (χ4n) is 3.69. The first-order chi connectivity index (χ1) is 15.6. The molecule has 0 amide bonds. The lowest BCUT2D eigenvalue weighted by Gasteiger charge is -2.12. The van der Waals surface area contributed by atoms with Crippen molar-refractivity contribution in [3.8, 4) is 28.5 Å². The molecule has 1 fully saturated rings. The molecule has 33 heavy (non-hydrogen) atoms. The van der Waals surface area contributed by atoms with E-state index < -0.39 is 11.9 Å². The predicted octanol–water partition coefficient (Wildman–Crippen LogP) is 4.63. The molecule has 8 nitrogen and oxygen atoms in total. The summed E-state index contributed by atoms with van der Waals surface area (Å²) in [5, 5.41) is 13.4. The van der Waals surface area contributed by atoms with Crippen molar-refractivity contribution in [2.45, 2.75) is 38.8 Å². The van der Waals surface area contributed by atoms with Crippen LogP contribution in [0.2, 0.25) is 5.02 Å². The van der Waals surface area contributed by atoms with Gasteiger partial charge in [-0.25, -0.2) is 9.97 Å². The number of hydrogen-bond donors (Lipinski definition) is 0. The maximum absolute atomic E-state index is 13.7. The fraction of sp³-hybridized carbons (Fsp3) is 0.381. The Morgan fingerprint density at radius 2 is 1.58 bits per heavy atom. The third-order valence-electron chi connectivity index (χ3n) is 6.02. The minimum Gasteiger partial charge on any atom is -0.272 e. The molecular weight excluding hydrogens is 457 g/mol. The Balaban J connectivity index is 1.80. The van der Waals surface area contributed by atoms with Gasteiger partial charge in [-0.3, -0.25) is 9.36 Å². The van der Waals surface area contributed by atoms with Crippen molar-refractivity contribution in [3.05, 3.63) is 46.3 Å². The maximum atomic E-state index is 13.7. The van der Waals surface area contributed by atoms with Gasteiger partial charge in [-0.05, 0) is 32.8 Å². The van der Waals surface area contributed by atoms with Crippen LogP contribution >= 0.6 is 11.6 Å². The molecule has 12 heteroatoms. The number of nitrogens with zero attached hydrogens (tertiary/aromatic N) is 8. The minimum atomic E-state index is -4.62. The second-order valence-electron chi connectivity index (χ2n) is 8.21. The molecule has 0 aliphatic heterocycles. The Morgan fingerprint density at radius 1 is 0.970 bits per heavy atom. The average Bonchev–Trinajstić information content (AvgIpc) is 3.41. The van der Waals surface area contributed by atoms with E-state index in [1.54, 1.807) is 35.9 Å². The average molecular weight is 477 g/mol. The van der Waals surface area contributed by atoms with Gasteiger partial charge in [0.15, 0.2) is 0 Å². The molecule has 5 rings (SSSR count). The Bertz CT molecular complexity index is 1380. The summed E-state index contributed by atoms with van der Waals surface area (Å²) in [6, 6.07) is 1.02. The minimum absolute atomic E-state index is 0.0116. The molecule has 172 valence electrons. The molecule has 0 radical (unpaired) electrons. The van der Waals surface area contributed by atoms with Crippen molar-refractivity contribution in [3.63, 3.8) is 0 Å². The van der Waals surface area contributed by atoms with E-state index in [1.807, 2.05) is 13.8 Å². The van der Waals surface area contributed by atoms with Crippen LogP contribution in [0.3, 0.4) is 0 Å². The van der Waals surface area contributed by atoms with Crippen molar-refractivity contribution >= 4 is 11.6 Å². The summed E-state index contributed by atoms with van der Waals surface area (Å²) in [5.41, 5.74) is 2.97. The van der Waals surface area contributed by atoms with E-state index in [-0.39, 0.29) is 16.9 Å². The number of aromatic nitrogens is 8. The van der Waals surface area contributed by atoms with E-state index >= 15 is 0 Å². The van der Waals surface area contributed by atoms with Crippen LogP contribution in [0, 0.1) is 13.8 Å². The lowest BCUT2D eigenvalue weighted by atomic mass is 10.1. The van der Waals surface area contributed by atoms with Gasteiger partial charge in [0.2, 0.25) is 0 Å². The Hall–Kier alpha value is -3.21. The van der Waals surface area contributed by atoms with Gasteiger partial charge in [0.1, 0.15) is 17.1 Å². The zero-order valence-electron chi connectivity index (χ0n) is 18.3. The molecule has 4 heterocycles. The van der Waals surface area contributed by atoms with Gasteiger partial charge < -0.3 is 0 Å². The molecule has 1 saturated carbocycles. The molecular formula is C21H20ClF3N8. The second-order valence-corrected chi connectivity index (χ2v) is 8.59. The monoisotopic (exact) mass is 476 g/mol. The number of hydrogen-bond acceptors (Lipinski definition) is 5. The van der Waals surface area contributed by atoms with Crippen molar-refractivity contribution < 1.29 is 13.2 Å². The number of halogens is 4. The van der Waals surface area contributed by atoms with Crippen molar-refractivity contribution in [1.29, 1.82) is 0 Å². The predicted molar refractivity (Wildman–Crippen MR) is 115 cm³/mol. The highest BCUT2D eigenvalue weighted by Crippen LogP contribution is 2.43. The van der Waals surface area contributed by atoms with Gasteiger partial charge in [-0.1, -0.05) is 11.6 Å². The van der Waals surface area contributed by atoms with Crippen LogP contribution < -0.4 is 0 Å². The first-order valence-electron chi connectivity index (χ1n) is 10.3. The van der Waals surface area contributed by atoms with Crippen molar-refractivity contribution in [1.82, 2.24) is 39.3 Å². The van der Waals surface area contributed by atoms with Gasteiger partial charge in [0, 0.05) is 48.2 Å². The topological polar surface area (TPSA) is 79.2 Å². The first kappa shape index (κ1) is 21.6. The van der Waals surface area contributed by atoms with E-state index in [0.717, 1.165) is 30.3 Å². The molecule has 4 aromatic rings. The highest BCUT2D eigenvalue weighted by Gasteiger charge is 2.37. The van der Waals surface area contributed by atoms with Crippen LogP contribution in [0.15, 0.2) is 18.5 Å². The van der Waals surface area contributed by atoms with E-state index in [0.29, 0.717) is 28.2 Å². The number of rotatable bonds is 4. The highest BCUT2D eigenvalue weighted by atomic mass is 35.5. The molecule has 1 aliphatic carbocycles. The van der Waals surface area contributed by atoms with Crippen molar-refractivity contribution in [2.75, 3.05) is 0 Å². The van der Waals surface area contributed by atoms with E-state index in [9.17, 15) is 13.2 Å². The zero-order valence-corrected chi connectivity index (χ0v) is 19.1. The molecule has 0 atom stereocenters. The van der Waals surface area contributed by atoms with Gasteiger partial charge in [0.05, 0.1) is 17.4 Å². The third-order valence-corrected chi connectivity index (χ3v) is 6.38. The smallest absolute Gasteiger partial charge is 0.272 e. The van der Waals surface area contributed by atoms with Crippen LogP contribution in [0.5, 0.6) is 0 Å². The standard InChI is InChI=1S/C21H20ClF3N8/c1-10-13(8-26-31(10)3)18-17(22)19(14-9-27-32(4)11(14)2)33(30-18)20-28-15(12-5-6-12)7-16(29-20)21(23,24)25/h7-9,12H,5-6H2,1-4H3. The van der Waals surface area contributed by atoms with Crippen LogP contribution in [0.25, 0.3) is 28.5 Å². The van der Waals surface area contributed by atoms with E-state index in [4.69, 9.17) is 11.6 Å². The normalized spacial score (nSPS) is 14.3. The molecule has 0 spiro atoms. The Labute approximate surface area is 192 Å². The summed E-state index contributed by atoms with van der Waals surface area (Å²) in [6.45, 7) is 3.70. The molecule has 4 aromatic heterocycles. The molecule has 0 saturated heterocycles. The summed E-state index contributed by atoms with van der Waals surface area (Å²) in [5.74, 6) is -0.192. The van der Waals surface area contributed by atoms with Crippen molar-refractivity contribution in [2.24, 2.45) is 14.1 Å². The lowest BCUT2D eigenvalue weighted by molar-refractivity contribution is -0.141. The van der Waals surface area contributed by atoms with Gasteiger partial charge in [-0.15, -0.1) is 0 Å². The lowest BCUT2D eigenvalue weighted by Crippen LogP contribution is -2.15. The molecule has 0 bridgehead atoms. The highest BCUT2D eigenvalue weighted by molar-refractivity contribution is 6.35. The van der Waals surface area contributed by atoms with Crippen LogP contribution in [-0.2, 0) is 20.3 Å². The Morgan fingerprint density at radius 3 is 2.09 bits per heavy atom. The van der Waals surface area contributed by atoms with Crippen LogP contribution in [0.4, 0.5) is 13.2 Å². The number of aryl methyl sites for hydroxylation is 2. The number of alkyl halides is 3. The van der Waals surface area contributed by atoms with E-state index in [2.05, 4.69) is 25.3 Å². The van der Waals surface area contributed by atoms with Gasteiger partial charge in [0.25, 0.3) is 5.95 Å². The SMILES string of the molecule is Cc1c(-c2nn(-c3nc(C4CC4)cc(C(F)(F)F)n3)c(-c3cnn(C)c3C)c2Cl)cnn1C. The van der Waals surface area contributed by atoms with Crippen LogP contribution in [0.1, 0.15) is 41.5 Å². The Kier molecular flexibility index (Phi) is 4.85. The van der Waals surface area contributed by atoms with Gasteiger partial charge in [-0.2, -0.15) is 33.1 Å². The molecule has 1 aliphatic rings. The zero-order chi connectivity index (χ0) is 23.7. The molecule has 0 unspecified atom stereocenters. The summed E-state index contributed by atoms with van der Waals surface area (Å²) < 4.78 is 45.6. The summed E-state index contributed by atoms with van der Waals surface area (Å²) >= 11 is 6.82. The first-order valence-corrected chi connectivity index (χ1v) is 10.7. The van der Waals surface area contributed by atoms with Gasteiger partial charge >= 0.3 is 6.18 Å². The molecule has 0 aromatic carbocycles. The summed E-state index contributed by atoms with van der Waals surface area (Å²) in [7, 11) is 3.55.